The Morgan fingerprint density at radius 3 is 2.81 bits per heavy atom. The second-order valence-corrected chi connectivity index (χ2v) is 6.95. The van der Waals surface area contributed by atoms with E-state index in [0.29, 0.717) is 18.8 Å². The van der Waals surface area contributed by atoms with E-state index in [1.807, 2.05) is 24.3 Å². The molecule has 2 aliphatic rings. The lowest BCUT2D eigenvalue weighted by atomic mass is 9.99. The van der Waals surface area contributed by atoms with Crippen molar-refractivity contribution in [2.75, 3.05) is 13.2 Å². The van der Waals surface area contributed by atoms with Gasteiger partial charge in [0.2, 0.25) is 0 Å². The molecule has 4 rings (SSSR count). The number of urea groups is 1. The summed E-state index contributed by atoms with van der Waals surface area (Å²) in [6.07, 6.45) is -0.445. The first-order valence-electron chi connectivity index (χ1n) is 8.88. The molecule has 0 spiro atoms. The highest BCUT2D eigenvalue weighted by Crippen LogP contribution is 2.33. The van der Waals surface area contributed by atoms with E-state index in [1.54, 1.807) is 0 Å². The number of benzene rings is 2. The van der Waals surface area contributed by atoms with Crippen LogP contribution in [0.1, 0.15) is 35.2 Å². The van der Waals surface area contributed by atoms with Crippen LogP contribution in [-0.4, -0.2) is 35.3 Å². The number of fused-ring (bicyclic) bond motifs is 1. The van der Waals surface area contributed by atoms with Crippen molar-refractivity contribution in [2.45, 2.75) is 31.2 Å². The highest BCUT2D eigenvalue weighted by atomic mass is 19.2. The van der Waals surface area contributed by atoms with Crippen LogP contribution in [0.5, 0.6) is 0 Å². The van der Waals surface area contributed by atoms with Gasteiger partial charge in [-0.25, -0.2) is 13.6 Å². The minimum Gasteiger partial charge on any atom is -0.391 e. The third kappa shape index (κ3) is 3.52. The molecular formula is C20H20F2N2O3. The van der Waals surface area contributed by atoms with Crippen LogP contribution in [0.15, 0.2) is 42.5 Å². The minimum absolute atomic E-state index is 0.130. The molecule has 0 radical (unpaired) electrons. The molecule has 0 bridgehead atoms. The van der Waals surface area contributed by atoms with Crippen molar-refractivity contribution in [1.29, 1.82) is 0 Å². The molecule has 3 atom stereocenters. The van der Waals surface area contributed by atoms with Gasteiger partial charge in [0.1, 0.15) is 0 Å². The van der Waals surface area contributed by atoms with Gasteiger partial charge in [-0.2, -0.15) is 0 Å². The van der Waals surface area contributed by atoms with Crippen LogP contribution in [0.2, 0.25) is 0 Å². The first-order chi connectivity index (χ1) is 13.0. The molecule has 27 heavy (non-hydrogen) atoms. The molecule has 2 aromatic carbocycles. The summed E-state index contributed by atoms with van der Waals surface area (Å²) in [5, 5.41) is 13.0. The van der Waals surface area contributed by atoms with Crippen LogP contribution < -0.4 is 5.32 Å². The van der Waals surface area contributed by atoms with Gasteiger partial charge >= 0.3 is 6.03 Å². The van der Waals surface area contributed by atoms with Crippen molar-refractivity contribution in [3.05, 3.63) is 70.8 Å². The number of ether oxygens (including phenoxy) is 1. The SMILES string of the molecule is O=C(NC1COCc2ccccc21)N1CC(O)CC1c1ccc(F)c(F)c1. The molecule has 7 heteroatoms. The van der Waals surface area contributed by atoms with E-state index in [4.69, 9.17) is 4.74 Å². The number of likely N-dealkylation sites (tertiary alicyclic amines) is 1. The lowest BCUT2D eigenvalue weighted by Crippen LogP contribution is -2.44. The van der Waals surface area contributed by atoms with Crippen molar-refractivity contribution in [3.63, 3.8) is 0 Å². The zero-order valence-electron chi connectivity index (χ0n) is 14.6. The highest BCUT2D eigenvalue weighted by molar-refractivity contribution is 5.76. The Bertz CT molecular complexity index is 861. The molecule has 1 fully saturated rings. The first kappa shape index (κ1) is 17.9. The number of aliphatic hydroxyl groups excluding tert-OH is 1. The second-order valence-electron chi connectivity index (χ2n) is 6.95. The minimum atomic E-state index is -0.969. The number of hydrogen-bond acceptors (Lipinski definition) is 3. The van der Waals surface area contributed by atoms with E-state index < -0.39 is 23.8 Å². The molecular weight excluding hydrogens is 354 g/mol. The van der Waals surface area contributed by atoms with E-state index in [1.165, 1.54) is 11.0 Å². The molecule has 2 aliphatic heterocycles. The summed E-state index contributed by atoms with van der Waals surface area (Å²) in [6, 6.07) is 10.1. The topological polar surface area (TPSA) is 61.8 Å². The first-order valence-corrected chi connectivity index (χ1v) is 8.88. The average Bonchev–Trinajstić information content (AvgIpc) is 3.06. The van der Waals surface area contributed by atoms with Crippen LogP contribution in [0.25, 0.3) is 0 Å². The van der Waals surface area contributed by atoms with Gasteiger partial charge in [-0.3, -0.25) is 0 Å². The zero-order valence-corrected chi connectivity index (χ0v) is 14.6. The van der Waals surface area contributed by atoms with Crippen LogP contribution >= 0.6 is 0 Å². The Hall–Kier alpha value is -2.51. The van der Waals surface area contributed by atoms with Crippen LogP contribution in [0.3, 0.4) is 0 Å². The fourth-order valence-corrected chi connectivity index (χ4v) is 3.81. The number of amides is 2. The van der Waals surface area contributed by atoms with Gasteiger partial charge in [-0.15, -0.1) is 0 Å². The maximum absolute atomic E-state index is 13.6. The third-order valence-corrected chi connectivity index (χ3v) is 5.14. The van der Waals surface area contributed by atoms with Gasteiger partial charge in [0.05, 0.1) is 31.4 Å². The van der Waals surface area contributed by atoms with E-state index in [-0.39, 0.29) is 25.0 Å². The molecule has 0 aromatic heterocycles. The molecule has 1 saturated heterocycles. The highest BCUT2D eigenvalue weighted by Gasteiger charge is 2.37. The quantitative estimate of drug-likeness (QED) is 0.849. The summed E-state index contributed by atoms with van der Waals surface area (Å²) in [4.78, 5) is 14.4. The number of aliphatic hydroxyl groups is 1. The van der Waals surface area contributed by atoms with Gasteiger partial charge in [-0.05, 0) is 35.2 Å². The predicted molar refractivity (Wildman–Crippen MR) is 93.8 cm³/mol. The summed E-state index contributed by atoms with van der Waals surface area (Å²) >= 11 is 0. The Morgan fingerprint density at radius 2 is 2.00 bits per heavy atom. The van der Waals surface area contributed by atoms with Crippen molar-refractivity contribution >= 4 is 6.03 Å². The molecule has 2 amide bonds. The fourth-order valence-electron chi connectivity index (χ4n) is 3.81. The number of hydrogen-bond donors (Lipinski definition) is 2. The number of rotatable bonds is 2. The maximum atomic E-state index is 13.6. The molecule has 142 valence electrons. The molecule has 2 aromatic rings. The predicted octanol–water partition coefficient (Wildman–Crippen LogP) is 3.05. The van der Waals surface area contributed by atoms with Crippen LogP contribution in [0.4, 0.5) is 13.6 Å². The maximum Gasteiger partial charge on any atom is 0.318 e. The zero-order chi connectivity index (χ0) is 19.0. The Labute approximate surface area is 155 Å². The van der Waals surface area contributed by atoms with Gasteiger partial charge < -0.3 is 20.1 Å². The smallest absolute Gasteiger partial charge is 0.318 e. The standard InChI is InChI=1S/C20H20F2N2O3/c21-16-6-5-12(7-17(16)22)19-8-14(25)9-24(19)20(26)23-18-11-27-10-13-3-1-2-4-15(13)18/h1-7,14,18-19,25H,8-11H2,(H,23,26). The van der Waals surface area contributed by atoms with Gasteiger partial charge in [0, 0.05) is 6.54 Å². The molecule has 5 nitrogen and oxygen atoms in total. The Balaban J connectivity index is 1.54. The van der Waals surface area contributed by atoms with Crippen molar-refractivity contribution in [3.8, 4) is 0 Å². The van der Waals surface area contributed by atoms with E-state index in [9.17, 15) is 18.7 Å². The van der Waals surface area contributed by atoms with Crippen LogP contribution in [-0.2, 0) is 11.3 Å². The van der Waals surface area contributed by atoms with Gasteiger partial charge in [-0.1, -0.05) is 30.3 Å². The Morgan fingerprint density at radius 1 is 1.19 bits per heavy atom. The van der Waals surface area contributed by atoms with Crippen molar-refractivity contribution < 1.29 is 23.4 Å². The number of β-amino-alcohol motifs (C(OH)–C–C–N with tert-alkyl or cyclic N) is 1. The van der Waals surface area contributed by atoms with Gasteiger partial charge in [0.25, 0.3) is 0 Å². The number of carbonyl (C=O) groups excluding carboxylic acids is 1. The summed E-state index contributed by atoms with van der Waals surface area (Å²) < 4.78 is 32.4. The van der Waals surface area contributed by atoms with Crippen molar-refractivity contribution in [1.82, 2.24) is 10.2 Å². The van der Waals surface area contributed by atoms with Crippen molar-refractivity contribution in [2.24, 2.45) is 0 Å². The van der Waals surface area contributed by atoms with E-state index in [2.05, 4.69) is 5.32 Å². The number of halogens is 2. The van der Waals surface area contributed by atoms with Gasteiger partial charge in [0.15, 0.2) is 11.6 Å². The fraction of sp³-hybridized carbons (Fsp3) is 0.350. The van der Waals surface area contributed by atoms with Crippen LogP contribution in [0, 0.1) is 11.6 Å². The molecule has 2 heterocycles. The lowest BCUT2D eigenvalue weighted by Gasteiger charge is -2.31. The largest absolute Gasteiger partial charge is 0.391 e. The number of carbonyl (C=O) groups is 1. The summed E-state index contributed by atoms with van der Waals surface area (Å²) in [5.41, 5.74) is 2.48. The monoisotopic (exact) mass is 374 g/mol. The summed E-state index contributed by atoms with van der Waals surface area (Å²) in [6.45, 7) is 0.988. The summed E-state index contributed by atoms with van der Waals surface area (Å²) in [5.74, 6) is -1.91. The average molecular weight is 374 g/mol. The second kappa shape index (κ2) is 7.25. The van der Waals surface area contributed by atoms with E-state index in [0.717, 1.165) is 23.3 Å². The normalized spacial score (nSPS) is 24.6. The third-order valence-electron chi connectivity index (χ3n) is 5.14. The lowest BCUT2D eigenvalue weighted by molar-refractivity contribution is 0.0811. The Kier molecular flexibility index (Phi) is 4.80. The number of nitrogens with zero attached hydrogens (tertiary/aromatic N) is 1. The molecule has 0 aliphatic carbocycles. The molecule has 3 unspecified atom stereocenters. The molecule has 0 saturated carbocycles. The summed E-state index contributed by atoms with van der Waals surface area (Å²) in [7, 11) is 0. The van der Waals surface area contributed by atoms with E-state index >= 15 is 0 Å². The molecule has 2 N–H and O–H groups in total. The number of nitrogens with one attached hydrogen (secondary N) is 1.